The Morgan fingerprint density at radius 2 is 1.95 bits per heavy atom. The molecule has 1 rings (SSSR count). The van der Waals surface area contributed by atoms with Gasteiger partial charge in [0.1, 0.15) is 0 Å². The number of nitrogens with one attached hydrogen (secondary N) is 3. The van der Waals surface area contributed by atoms with E-state index in [1.807, 2.05) is 0 Å². The second kappa shape index (κ2) is 6.91. The van der Waals surface area contributed by atoms with Crippen LogP contribution in [0.2, 0.25) is 0 Å². The van der Waals surface area contributed by atoms with Gasteiger partial charge in [-0.05, 0) is 12.1 Å². The number of anilines is 2. The van der Waals surface area contributed by atoms with E-state index in [9.17, 15) is 13.2 Å². The van der Waals surface area contributed by atoms with Crippen LogP contribution in [0.3, 0.4) is 0 Å². The average Bonchev–Trinajstić information content (AvgIpc) is 2.30. The summed E-state index contributed by atoms with van der Waals surface area (Å²) in [6.45, 7) is 4.17. The standard InChI is InChI=1S/C12H17N3O3S/c1-3-8-13-9-12(16)14-10-6-4-5-7-11(10)15-19(2,17)18/h3-7,13,15H,1,8-9H2,2H3,(H,14,16). The normalized spacial score (nSPS) is 10.8. The Bertz CT molecular complexity index is 555. The van der Waals surface area contributed by atoms with Gasteiger partial charge < -0.3 is 10.6 Å². The van der Waals surface area contributed by atoms with Crippen LogP contribution < -0.4 is 15.4 Å². The summed E-state index contributed by atoms with van der Waals surface area (Å²) in [6.07, 6.45) is 2.70. The lowest BCUT2D eigenvalue weighted by atomic mass is 10.2. The second-order valence-electron chi connectivity index (χ2n) is 3.89. The number of sulfonamides is 1. The molecule has 0 aliphatic carbocycles. The monoisotopic (exact) mass is 283 g/mol. The first-order chi connectivity index (χ1) is 8.92. The molecule has 1 amide bonds. The zero-order valence-electron chi connectivity index (χ0n) is 10.6. The third-order valence-electron chi connectivity index (χ3n) is 2.07. The molecule has 0 fully saturated rings. The van der Waals surface area contributed by atoms with Crippen molar-refractivity contribution in [2.75, 3.05) is 29.4 Å². The van der Waals surface area contributed by atoms with Gasteiger partial charge in [-0.3, -0.25) is 9.52 Å². The van der Waals surface area contributed by atoms with Crippen LogP contribution >= 0.6 is 0 Å². The Morgan fingerprint density at radius 1 is 1.32 bits per heavy atom. The summed E-state index contributed by atoms with van der Waals surface area (Å²) < 4.78 is 24.7. The van der Waals surface area contributed by atoms with Crippen molar-refractivity contribution < 1.29 is 13.2 Å². The third kappa shape index (κ3) is 6.03. The van der Waals surface area contributed by atoms with Crippen LogP contribution in [-0.4, -0.2) is 33.7 Å². The fraction of sp³-hybridized carbons (Fsp3) is 0.250. The van der Waals surface area contributed by atoms with Crippen LogP contribution in [0.5, 0.6) is 0 Å². The van der Waals surface area contributed by atoms with Gasteiger partial charge in [0.15, 0.2) is 0 Å². The molecule has 0 spiro atoms. The molecule has 0 unspecified atom stereocenters. The molecule has 0 atom stereocenters. The molecular formula is C12H17N3O3S. The molecule has 0 bridgehead atoms. The summed E-state index contributed by atoms with van der Waals surface area (Å²) >= 11 is 0. The van der Waals surface area contributed by atoms with Gasteiger partial charge in [0, 0.05) is 6.54 Å². The van der Waals surface area contributed by atoms with E-state index in [2.05, 4.69) is 21.9 Å². The third-order valence-corrected chi connectivity index (χ3v) is 2.66. The number of hydrogen-bond acceptors (Lipinski definition) is 4. The van der Waals surface area contributed by atoms with Crippen LogP contribution in [0.4, 0.5) is 11.4 Å². The highest BCUT2D eigenvalue weighted by Gasteiger charge is 2.09. The molecule has 0 heterocycles. The average molecular weight is 283 g/mol. The molecule has 0 aromatic heterocycles. The number of carbonyl (C=O) groups is 1. The van der Waals surface area contributed by atoms with E-state index in [1.165, 1.54) is 0 Å². The summed E-state index contributed by atoms with van der Waals surface area (Å²) in [5.41, 5.74) is 0.750. The predicted molar refractivity (Wildman–Crippen MR) is 76.6 cm³/mol. The van der Waals surface area contributed by atoms with E-state index in [1.54, 1.807) is 30.3 Å². The Kier molecular flexibility index (Phi) is 5.53. The number of hydrogen-bond donors (Lipinski definition) is 3. The van der Waals surface area contributed by atoms with Crippen molar-refractivity contribution in [3.8, 4) is 0 Å². The molecule has 0 radical (unpaired) electrons. The van der Waals surface area contributed by atoms with E-state index in [0.717, 1.165) is 6.26 Å². The molecule has 0 aliphatic heterocycles. The number of rotatable bonds is 7. The van der Waals surface area contributed by atoms with Crippen molar-refractivity contribution in [2.45, 2.75) is 0 Å². The Balaban J connectivity index is 2.72. The van der Waals surface area contributed by atoms with Crippen molar-refractivity contribution in [2.24, 2.45) is 0 Å². The molecular weight excluding hydrogens is 266 g/mol. The first kappa shape index (κ1) is 15.2. The van der Waals surface area contributed by atoms with E-state index in [-0.39, 0.29) is 12.5 Å². The summed E-state index contributed by atoms with van der Waals surface area (Å²) in [4.78, 5) is 11.6. The first-order valence-corrected chi connectivity index (χ1v) is 7.50. The van der Waals surface area contributed by atoms with Gasteiger partial charge in [-0.15, -0.1) is 6.58 Å². The van der Waals surface area contributed by atoms with Gasteiger partial charge >= 0.3 is 0 Å². The van der Waals surface area contributed by atoms with Crippen molar-refractivity contribution in [3.63, 3.8) is 0 Å². The maximum atomic E-state index is 11.6. The highest BCUT2D eigenvalue weighted by atomic mass is 32.2. The van der Waals surface area contributed by atoms with E-state index in [4.69, 9.17) is 0 Å². The number of benzene rings is 1. The van der Waals surface area contributed by atoms with Crippen molar-refractivity contribution >= 4 is 27.3 Å². The lowest BCUT2D eigenvalue weighted by Gasteiger charge is -2.11. The quantitative estimate of drug-likeness (QED) is 0.509. The number of amides is 1. The van der Waals surface area contributed by atoms with Gasteiger partial charge in [0.2, 0.25) is 15.9 Å². The van der Waals surface area contributed by atoms with Crippen molar-refractivity contribution in [1.82, 2.24) is 5.32 Å². The van der Waals surface area contributed by atoms with Crippen LogP contribution in [0.15, 0.2) is 36.9 Å². The minimum atomic E-state index is -3.39. The lowest BCUT2D eigenvalue weighted by molar-refractivity contribution is -0.115. The molecule has 1 aromatic carbocycles. The Labute approximate surface area is 113 Å². The van der Waals surface area contributed by atoms with Crippen molar-refractivity contribution in [3.05, 3.63) is 36.9 Å². The molecule has 3 N–H and O–H groups in total. The van der Waals surface area contributed by atoms with Gasteiger partial charge in [-0.1, -0.05) is 18.2 Å². The summed E-state index contributed by atoms with van der Waals surface area (Å²) in [7, 11) is -3.39. The van der Waals surface area contributed by atoms with Gasteiger partial charge in [0.05, 0.1) is 24.2 Å². The fourth-order valence-electron chi connectivity index (χ4n) is 1.36. The maximum Gasteiger partial charge on any atom is 0.238 e. The molecule has 19 heavy (non-hydrogen) atoms. The summed E-state index contributed by atoms with van der Waals surface area (Å²) in [5.74, 6) is -0.260. The molecule has 0 saturated carbocycles. The van der Waals surface area contributed by atoms with Crippen LogP contribution in [-0.2, 0) is 14.8 Å². The smallest absolute Gasteiger partial charge is 0.238 e. The molecule has 1 aromatic rings. The lowest BCUT2D eigenvalue weighted by Crippen LogP contribution is -2.28. The maximum absolute atomic E-state index is 11.6. The molecule has 6 nitrogen and oxygen atoms in total. The van der Waals surface area contributed by atoms with Crippen LogP contribution in [0.1, 0.15) is 0 Å². The highest BCUT2D eigenvalue weighted by Crippen LogP contribution is 2.21. The SMILES string of the molecule is C=CCNCC(=O)Nc1ccccc1NS(C)(=O)=O. The van der Waals surface area contributed by atoms with E-state index in [0.29, 0.717) is 17.9 Å². The van der Waals surface area contributed by atoms with E-state index < -0.39 is 10.0 Å². The molecule has 0 aliphatic rings. The fourth-order valence-corrected chi connectivity index (χ4v) is 1.94. The number of carbonyl (C=O) groups excluding carboxylic acids is 1. The Morgan fingerprint density at radius 3 is 2.53 bits per heavy atom. The molecule has 7 heteroatoms. The van der Waals surface area contributed by atoms with E-state index >= 15 is 0 Å². The van der Waals surface area contributed by atoms with Gasteiger partial charge in [-0.2, -0.15) is 0 Å². The van der Waals surface area contributed by atoms with Gasteiger partial charge in [-0.25, -0.2) is 8.42 Å². The second-order valence-corrected chi connectivity index (χ2v) is 5.64. The summed E-state index contributed by atoms with van der Waals surface area (Å²) in [6, 6.07) is 6.59. The van der Waals surface area contributed by atoms with Crippen LogP contribution in [0.25, 0.3) is 0 Å². The van der Waals surface area contributed by atoms with Crippen LogP contribution in [0, 0.1) is 0 Å². The topological polar surface area (TPSA) is 87.3 Å². The first-order valence-electron chi connectivity index (χ1n) is 5.60. The highest BCUT2D eigenvalue weighted by molar-refractivity contribution is 7.92. The largest absolute Gasteiger partial charge is 0.323 e. The molecule has 104 valence electrons. The zero-order valence-corrected chi connectivity index (χ0v) is 11.5. The zero-order chi connectivity index (χ0) is 14.3. The summed E-state index contributed by atoms with van der Waals surface area (Å²) in [5, 5.41) is 5.48. The Hall–Kier alpha value is -1.86. The minimum Gasteiger partial charge on any atom is -0.323 e. The molecule has 0 saturated heterocycles. The van der Waals surface area contributed by atoms with Gasteiger partial charge in [0.25, 0.3) is 0 Å². The van der Waals surface area contributed by atoms with Crippen molar-refractivity contribution in [1.29, 1.82) is 0 Å². The number of para-hydroxylation sites is 2. The predicted octanol–water partition coefficient (Wildman–Crippen LogP) is 0.772. The minimum absolute atomic E-state index is 0.124.